The Morgan fingerprint density at radius 3 is 2.61 bits per heavy atom. The highest BCUT2D eigenvalue weighted by atomic mass is 35.5. The lowest BCUT2D eigenvalue weighted by Gasteiger charge is -2.21. The van der Waals surface area contributed by atoms with E-state index in [-0.39, 0.29) is 30.5 Å². The molecule has 6 heteroatoms. The van der Waals surface area contributed by atoms with Crippen molar-refractivity contribution in [1.82, 2.24) is 10.6 Å². The Labute approximate surface area is 150 Å². The van der Waals surface area contributed by atoms with Crippen LogP contribution in [0.5, 0.6) is 5.75 Å². The van der Waals surface area contributed by atoms with Gasteiger partial charge in [0, 0.05) is 22.7 Å². The third-order valence-electron chi connectivity index (χ3n) is 2.92. The summed E-state index contributed by atoms with van der Waals surface area (Å²) in [7, 11) is 0. The van der Waals surface area contributed by atoms with Gasteiger partial charge in [0.05, 0.1) is 0 Å². The summed E-state index contributed by atoms with van der Waals surface area (Å²) in [4.78, 5) is 11.8. The molecule has 0 bridgehead atoms. The van der Waals surface area contributed by atoms with Gasteiger partial charge in [0.2, 0.25) is 0 Å². The summed E-state index contributed by atoms with van der Waals surface area (Å²) in [5.41, 5.74) is 0.706. The van der Waals surface area contributed by atoms with Crippen LogP contribution in [0.15, 0.2) is 18.2 Å². The van der Waals surface area contributed by atoms with Crippen molar-refractivity contribution in [3.05, 3.63) is 28.8 Å². The molecule has 1 aromatic carbocycles. The summed E-state index contributed by atoms with van der Waals surface area (Å²) < 4.78 is 5.65. The number of halogens is 2. The molecule has 0 aliphatic rings. The minimum absolute atomic E-state index is 0. The van der Waals surface area contributed by atoms with Crippen LogP contribution in [-0.4, -0.2) is 24.6 Å². The Balaban J connectivity index is 0.00000484. The molecular weight excluding hydrogens is 335 g/mol. The molecule has 0 spiro atoms. The van der Waals surface area contributed by atoms with E-state index in [0.29, 0.717) is 17.3 Å². The second-order valence-corrected chi connectivity index (χ2v) is 6.81. The van der Waals surface area contributed by atoms with Crippen LogP contribution in [0.3, 0.4) is 0 Å². The second-order valence-electron chi connectivity index (χ2n) is 6.37. The van der Waals surface area contributed by atoms with Gasteiger partial charge in [-0.05, 0) is 51.9 Å². The Hall–Kier alpha value is -0.970. The number of unbranched alkanes of at least 4 members (excludes halogenated alkanes) is 1. The minimum atomic E-state index is -0.259. The SMILES string of the molecule is CCCCNCc1cc(Cl)ccc1OCC(=O)NC(C)(C)C.Cl. The van der Waals surface area contributed by atoms with Crippen molar-refractivity contribution in [2.75, 3.05) is 13.2 Å². The van der Waals surface area contributed by atoms with E-state index in [1.54, 1.807) is 6.07 Å². The number of nitrogens with one attached hydrogen (secondary N) is 2. The molecule has 0 fully saturated rings. The fourth-order valence-corrected chi connectivity index (χ4v) is 2.14. The molecule has 1 amide bonds. The smallest absolute Gasteiger partial charge is 0.258 e. The van der Waals surface area contributed by atoms with Crippen LogP contribution in [0.25, 0.3) is 0 Å². The first kappa shape index (κ1) is 22.0. The van der Waals surface area contributed by atoms with Crippen LogP contribution in [-0.2, 0) is 11.3 Å². The van der Waals surface area contributed by atoms with Crippen LogP contribution in [0.4, 0.5) is 0 Å². The van der Waals surface area contributed by atoms with Gasteiger partial charge in [-0.1, -0.05) is 24.9 Å². The molecule has 0 atom stereocenters. The molecule has 0 saturated carbocycles. The maximum atomic E-state index is 11.8. The van der Waals surface area contributed by atoms with E-state index in [4.69, 9.17) is 16.3 Å². The highest BCUT2D eigenvalue weighted by Gasteiger charge is 2.14. The number of hydrogen-bond donors (Lipinski definition) is 2. The lowest BCUT2D eigenvalue weighted by Crippen LogP contribution is -2.43. The molecule has 1 rings (SSSR count). The van der Waals surface area contributed by atoms with Crippen molar-refractivity contribution in [1.29, 1.82) is 0 Å². The highest BCUT2D eigenvalue weighted by molar-refractivity contribution is 6.30. The number of ether oxygens (including phenoxy) is 1. The molecule has 0 saturated heterocycles. The van der Waals surface area contributed by atoms with Crippen LogP contribution < -0.4 is 15.4 Å². The van der Waals surface area contributed by atoms with Crippen molar-refractivity contribution in [3.63, 3.8) is 0 Å². The van der Waals surface area contributed by atoms with Crippen LogP contribution in [0, 0.1) is 0 Å². The summed E-state index contributed by atoms with van der Waals surface area (Å²) in [6.07, 6.45) is 2.28. The Morgan fingerprint density at radius 2 is 2.00 bits per heavy atom. The fourth-order valence-electron chi connectivity index (χ4n) is 1.95. The molecule has 23 heavy (non-hydrogen) atoms. The molecule has 0 heterocycles. The van der Waals surface area contributed by atoms with Crippen molar-refractivity contribution in [2.24, 2.45) is 0 Å². The third kappa shape index (κ3) is 9.69. The van der Waals surface area contributed by atoms with Gasteiger partial charge in [-0.3, -0.25) is 4.79 Å². The molecule has 2 N–H and O–H groups in total. The van der Waals surface area contributed by atoms with Crippen LogP contribution in [0.2, 0.25) is 5.02 Å². The van der Waals surface area contributed by atoms with Gasteiger partial charge in [0.1, 0.15) is 5.75 Å². The number of carbonyl (C=O) groups excluding carboxylic acids is 1. The van der Waals surface area contributed by atoms with Crippen LogP contribution >= 0.6 is 24.0 Å². The summed E-state index contributed by atoms with van der Waals surface area (Å²) in [6, 6.07) is 5.45. The summed E-state index contributed by atoms with van der Waals surface area (Å²) in [5.74, 6) is 0.560. The molecule has 132 valence electrons. The van der Waals surface area contributed by atoms with Crippen LogP contribution in [0.1, 0.15) is 46.1 Å². The first-order valence-electron chi connectivity index (χ1n) is 7.75. The number of rotatable bonds is 8. The van der Waals surface area contributed by atoms with E-state index in [9.17, 15) is 4.79 Å². The Kier molecular flexibility index (Phi) is 10.3. The van der Waals surface area contributed by atoms with Gasteiger partial charge in [-0.15, -0.1) is 12.4 Å². The maximum absolute atomic E-state index is 11.8. The largest absolute Gasteiger partial charge is 0.483 e. The van der Waals surface area contributed by atoms with Gasteiger partial charge < -0.3 is 15.4 Å². The van der Waals surface area contributed by atoms with Gasteiger partial charge >= 0.3 is 0 Å². The van der Waals surface area contributed by atoms with E-state index < -0.39 is 0 Å². The topological polar surface area (TPSA) is 50.4 Å². The Morgan fingerprint density at radius 1 is 1.30 bits per heavy atom. The van der Waals surface area contributed by atoms with E-state index in [1.807, 2.05) is 32.9 Å². The lowest BCUT2D eigenvalue weighted by molar-refractivity contribution is -0.124. The molecule has 0 aromatic heterocycles. The van der Waals surface area contributed by atoms with Gasteiger partial charge in [0.15, 0.2) is 6.61 Å². The first-order valence-corrected chi connectivity index (χ1v) is 8.12. The normalized spacial score (nSPS) is 10.8. The van der Waals surface area contributed by atoms with Crippen molar-refractivity contribution >= 4 is 29.9 Å². The predicted molar refractivity (Wildman–Crippen MR) is 98.7 cm³/mol. The molecule has 1 aromatic rings. The zero-order valence-corrected chi connectivity index (χ0v) is 15.9. The summed E-state index contributed by atoms with van der Waals surface area (Å²) >= 11 is 6.04. The van der Waals surface area contributed by atoms with Crippen molar-refractivity contribution < 1.29 is 9.53 Å². The fraction of sp³-hybridized carbons (Fsp3) is 0.588. The molecule has 0 radical (unpaired) electrons. The zero-order valence-electron chi connectivity index (χ0n) is 14.4. The van der Waals surface area contributed by atoms with Gasteiger partial charge in [0.25, 0.3) is 5.91 Å². The molecular formula is C17H28Cl2N2O2. The number of hydrogen-bond acceptors (Lipinski definition) is 3. The molecule has 0 unspecified atom stereocenters. The van der Waals surface area contributed by atoms with E-state index in [0.717, 1.165) is 24.9 Å². The maximum Gasteiger partial charge on any atom is 0.258 e. The highest BCUT2D eigenvalue weighted by Crippen LogP contribution is 2.23. The molecule has 4 nitrogen and oxygen atoms in total. The van der Waals surface area contributed by atoms with Crippen molar-refractivity contribution in [3.8, 4) is 5.75 Å². The average molecular weight is 363 g/mol. The number of benzene rings is 1. The minimum Gasteiger partial charge on any atom is -0.483 e. The van der Waals surface area contributed by atoms with Gasteiger partial charge in [-0.2, -0.15) is 0 Å². The molecule has 0 aliphatic carbocycles. The summed E-state index contributed by atoms with van der Waals surface area (Å²) in [6.45, 7) is 9.61. The van der Waals surface area contributed by atoms with E-state index in [2.05, 4.69) is 17.6 Å². The first-order chi connectivity index (χ1) is 10.3. The second kappa shape index (κ2) is 10.7. The van der Waals surface area contributed by atoms with Crippen molar-refractivity contribution in [2.45, 2.75) is 52.6 Å². The average Bonchev–Trinajstić information content (AvgIpc) is 2.41. The quantitative estimate of drug-likeness (QED) is 0.688. The van der Waals surface area contributed by atoms with E-state index in [1.165, 1.54) is 0 Å². The zero-order chi connectivity index (χ0) is 16.6. The third-order valence-corrected chi connectivity index (χ3v) is 3.15. The molecule has 0 aliphatic heterocycles. The predicted octanol–water partition coefficient (Wildman–Crippen LogP) is 3.95. The number of amides is 1. The number of carbonyl (C=O) groups is 1. The lowest BCUT2D eigenvalue weighted by atomic mass is 10.1. The monoisotopic (exact) mass is 362 g/mol. The Bertz CT molecular complexity index is 488. The van der Waals surface area contributed by atoms with E-state index >= 15 is 0 Å². The summed E-state index contributed by atoms with van der Waals surface area (Å²) in [5, 5.41) is 6.90. The van der Waals surface area contributed by atoms with Gasteiger partial charge in [-0.25, -0.2) is 0 Å². The standard InChI is InChI=1S/C17H27ClN2O2.ClH/c1-5-6-9-19-11-13-10-14(18)7-8-15(13)22-12-16(21)20-17(2,3)4;/h7-8,10,19H,5-6,9,11-12H2,1-4H3,(H,20,21);1H.